The predicted octanol–water partition coefficient (Wildman–Crippen LogP) is 9.61. The summed E-state index contributed by atoms with van der Waals surface area (Å²) in [6.07, 6.45) is 7.76. The topological polar surface area (TPSA) is 0 Å². The van der Waals surface area contributed by atoms with E-state index in [-0.39, 0.29) is 0 Å². The highest BCUT2D eigenvalue weighted by Crippen LogP contribution is 2.10. The first-order valence-corrected chi connectivity index (χ1v) is 12.4. The normalized spacial score (nSPS) is 10.1. The number of hydrogen-bond acceptors (Lipinski definition) is 0. The summed E-state index contributed by atoms with van der Waals surface area (Å²) >= 11 is 0. The van der Waals surface area contributed by atoms with Gasteiger partial charge in [0.1, 0.15) is 0 Å². The lowest BCUT2D eigenvalue weighted by atomic mass is 10.0. The Morgan fingerprint density at radius 2 is 0.844 bits per heavy atom. The molecule has 3 rings (SSSR count). The quantitative estimate of drug-likeness (QED) is 0.327. The van der Waals surface area contributed by atoms with Crippen LogP contribution in [0.15, 0.2) is 72.8 Å². The Bertz CT molecular complexity index is 800. The SMILES string of the molecule is CCCCCc1ccc(C)cc1.Cc1ccc(C)cc1.Cc1ccc(CCC(C)C)cc1. The molecule has 0 radical (unpaired) electrons. The van der Waals surface area contributed by atoms with E-state index in [1.807, 2.05) is 0 Å². The van der Waals surface area contributed by atoms with E-state index in [2.05, 4.69) is 121 Å². The van der Waals surface area contributed by atoms with E-state index in [1.165, 1.54) is 71.9 Å². The van der Waals surface area contributed by atoms with E-state index in [4.69, 9.17) is 0 Å². The molecule has 0 bridgehead atoms. The molecule has 0 amide bonds. The number of rotatable bonds is 7. The van der Waals surface area contributed by atoms with Gasteiger partial charge in [0, 0.05) is 0 Å². The molecule has 32 heavy (non-hydrogen) atoms. The molecular formula is C32H46. The van der Waals surface area contributed by atoms with Crippen LogP contribution in [0.3, 0.4) is 0 Å². The molecule has 0 nitrogen and oxygen atoms in total. The molecule has 0 atom stereocenters. The molecule has 0 saturated carbocycles. The third kappa shape index (κ3) is 13.9. The highest BCUT2D eigenvalue weighted by Gasteiger charge is 1.95. The molecule has 3 aromatic carbocycles. The van der Waals surface area contributed by atoms with Crippen molar-refractivity contribution in [3.8, 4) is 0 Å². The molecule has 0 aliphatic heterocycles. The van der Waals surface area contributed by atoms with E-state index in [0.717, 1.165) is 5.92 Å². The Balaban J connectivity index is 0.000000245. The Morgan fingerprint density at radius 1 is 0.500 bits per heavy atom. The summed E-state index contributed by atoms with van der Waals surface area (Å²) in [7, 11) is 0. The lowest BCUT2D eigenvalue weighted by molar-refractivity contribution is 0.586. The van der Waals surface area contributed by atoms with Crippen molar-refractivity contribution < 1.29 is 0 Å². The largest absolute Gasteiger partial charge is 0.0654 e. The molecule has 0 spiro atoms. The highest BCUT2D eigenvalue weighted by atomic mass is 14.0. The fourth-order valence-electron chi connectivity index (χ4n) is 3.18. The molecule has 0 heteroatoms. The van der Waals surface area contributed by atoms with Crippen molar-refractivity contribution in [2.75, 3.05) is 0 Å². The molecule has 0 aliphatic carbocycles. The Kier molecular flexibility index (Phi) is 14.1. The molecule has 0 aromatic heterocycles. The molecule has 3 aromatic rings. The zero-order valence-electron chi connectivity index (χ0n) is 21.7. The van der Waals surface area contributed by atoms with Crippen LogP contribution in [0.5, 0.6) is 0 Å². The van der Waals surface area contributed by atoms with Gasteiger partial charge < -0.3 is 0 Å². The number of benzene rings is 3. The first-order valence-electron chi connectivity index (χ1n) is 12.4. The van der Waals surface area contributed by atoms with Crippen molar-refractivity contribution in [2.45, 2.75) is 87.0 Å². The van der Waals surface area contributed by atoms with Crippen LogP contribution in [-0.2, 0) is 12.8 Å². The van der Waals surface area contributed by atoms with Crippen LogP contribution in [0, 0.1) is 33.6 Å². The van der Waals surface area contributed by atoms with E-state index in [9.17, 15) is 0 Å². The molecule has 174 valence electrons. The second-order valence-corrected chi connectivity index (χ2v) is 9.52. The van der Waals surface area contributed by atoms with Gasteiger partial charge in [0.15, 0.2) is 0 Å². The summed E-state index contributed by atoms with van der Waals surface area (Å²) in [6.45, 7) is 15.2. The van der Waals surface area contributed by atoms with E-state index in [1.54, 1.807) is 0 Å². The first-order chi connectivity index (χ1) is 15.3. The van der Waals surface area contributed by atoms with Crippen LogP contribution in [0.25, 0.3) is 0 Å². The van der Waals surface area contributed by atoms with Crippen molar-refractivity contribution in [2.24, 2.45) is 5.92 Å². The van der Waals surface area contributed by atoms with Crippen LogP contribution in [0.2, 0.25) is 0 Å². The third-order valence-corrected chi connectivity index (χ3v) is 5.54. The molecular weight excluding hydrogens is 384 g/mol. The Labute approximate surface area is 199 Å². The van der Waals surface area contributed by atoms with Gasteiger partial charge in [-0.05, 0) is 70.4 Å². The molecule has 0 aliphatic rings. The van der Waals surface area contributed by atoms with Crippen molar-refractivity contribution in [3.05, 3.63) is 106 Å². The fraction of sp³-hybridized carbons (Fsp3) is 0.438. The summed E-state index contributed by atoms with van der Waals surface area (Å²) in [4.78, 5) is 0. The van der Waals surface area contributed by atoms with E-state index >= 15 is 0 Å². The lowest BCUT2D eigenvalue weighted by Crippen LogP contribution is -1.91. The van der Waals surface area contributed by atoms with Crippen molar-refractivity contribution in [3.63, 3.8) is 0 Å². The summed E-state index contributed by atoms with van der Waals surface area (Å²) in [5.41, 5.74) is 8.31. The fourth-order valence-corrected chi connectivity index (χ4v) is 3.18. The van der Waals surface area contributed by atoms with Crippen molar-refractivity contribution >= 4 is 0 Å². The average molecular weight is 431 g/mol. The maximum atomic E-state index is 2.27. The Morgan fingerprint density at radius 3 is 1.19 bits per heavy atom. The molecule has 0 heterocycles. The minimum atomic E-state index is 0.811. The van der Waals surface area contributed by atoms with Gasteiger partial charge in [0.25, 0.3) is 0 Å². The van der Waals surface area contributed by atoms with E-state index < -0.39 is 0 Å². The third-order valence-electron chi connectivity index (χ3n) is 5.54. The van der Waals surface area contributed by atoms with Gasteiger partial charge >= 0.3 is 0 Å². The monoisotopic (exact) mass is 430 g/mol. The zero-order chi connectivity index (χ0) is 23.8. The van der Waals surface area contributed by atoms with Crippen molar-refractivity contribution in [1.29, 1.82) is 0 Å². The van der Waals surface area contributed by atoms with Gasteiger partial charge in [-0.3, -0.25) is 0 Å². The van der Waals surface area contributed by atoms with Gasteiger partial charge in [-0.2, -0.15) is 0 Å². The lowest BCUT2D eigenvalue weighted by Gasteiger charge is -2.04. The molecule has 0 fully saturated rings. The summed E-state index contributed by atoms with van der Waals surface area (Å²) in [6, 6.07) is 26.2. The smallest absolute Gasteiger partial charge is 0.0276 e. The van der Waals surface area contributed by atoms with Crippen LogP contribution >= 0.6 is 0 Å². The maximum Gasteiger partial charge on any atom is -0.0276 e. The number of unbranched alkanes of at least 4 members (excludes halogenated alkanes) is 2. The standard InChI is InChI=1S/2C12H18.C8H10/c1-10(2)4-7-12-8-5-11(3)6-9-12;1-3-4-5-6-12-9-7-11(2)8-10-12;1-7-3-5-8(2)6-4-7/h5-6,8-10H,4,7H2,1-3H3;7-10H,3-6H2,1-2H3;3-6H,1-2H3. The van der Waals surface area contributed by atoms with Gasteiger partial charge in [0.05, 0.1) is 0 Å². The first kappa shape index (κ1) is 27.7. The second kappa shape index (κ2) is 16.3. The highest BCUT2D eigenvalue weighted by molar-refractivity contribution is 5.22. The minimum absolute atomic E-state index is 0.811. The average Bonchev–Trinajstić information content (AvgIpc) is 2.78. The second-order valence-electron chi connectivity index (χ2n) is 9.52. The van der Waals surface area contributed by atoms with Gasteiger partial charge in [-0.15, -0.1) is 0 Å². The van der Waals surface area contributed by atoms with E-state index in [0.29, 0.717) is 0 Å². The number of hydrogen-bond donors (Lipinski definition) is 0. The van der Waals surface area contributed by atoms with Crippen LogP contribution in [0.1, 0.15) is 79.8 Å². The van der Waals surface area contributed by atoms with Gasteiger partial charge in [0.2, 0.25) is 0 Å². The minimum Gasteiger partial charge on any atom is -0.0654 e. The zero-order valence-corrected chi connectivity index (χ0v) is 21.7. The molecule has 0 unspecified atom stereocenters. The number of aryl methyl sites for hydroxylation is 6. The predicted molar refractivity (Wildman–Crippen MR) is 145 cm³/mol. The Hall–Kier alpha value is -2.34. The van der Waals surface area contributed by atoms with Crippen LogP contribution in [0.4, 0.5) is 0 Å². The summed E-state index contributed by atoms with van der Waals surface area (Å²) < 4.78 is 0. The van der Waals surface area contributed by atoms with Gasteiger partial charge in [-0.25, -0.2) is 0 Å². The molecule has 0 saturated heterocycles. The van der Waals surface area contributed by atoms with Crippen LogP contribution < -0.4 is 0 Å². The van der Waals surface area contributed by atoms with Crippen LogP contribution in [-0.4, -0.2) is 0 Å². The summed E-state index contributed by atoms with van der Waals surface area (Å²) in [5, 5.41) is 0. The summed E-state index contributed by atoms with van der Waals surface area (Å²) in [5.74, 6) is 0.811. The van der Waals surface area contributed by atoms with Gasteiger partial charge in [-0.1, -0.05) is 129 Å². The maximum absolute atomic E-state index is 2.27. The molecule has 0 N–H and O–H groups in total. The van der Waals surface area contributed by atoms with Crippen molar-refractivity contribution in [1.82, 2.24) is 0 Å².